The second-order valence-electron chi connectivity index (χ2n) is 0.283. The standard InChI is InChI=1S/Ca.Mg.H2O3Si.Sr.6H/c;;1-4(2)3;;;;;;;/h;;1-2H;;;;;;;/q2*+2;;+2;6*-1. The molecule has 0 aromatic carbocycles. The third-order valence-electron chi connectivity index (χ3n) is 0. The molecule has 0 radical (unpaired) electrons. The number of hydrogen-bond donors (Lipinski definition) is 2. The quantitative estimate of drug-likeness (QED) is 0.475. The zero-order chi connectivity index (χ0) is 3.58. The summed E-state index contributed by atoms with van der Waals surface area (Å²) in [7, 11) is -3.13. The normalized spacial score (nSPS) is 3.43. The van der Waals surface area contributed by atoms with E-state index < -0.39 is 9.17 Å². The summed E-state index contributed by atoms with van der Waals surface area (Å²) in [5.74, 6) is 0. The van der Waals surface area contributed by atoms with Crippen molar-refractivity contribution in [2.24, 2.45) is 0 Å². The Bertz CT molecular complexity index is 50.9. The predicted molar refractivity (Wildman–Crippen MR) is 34.8 cm³/mol. The molecule has 0 unspecified atom stereocenters. The molecular weight excluding hydrogens is 228 g/mol. The van der Waals surface area contributed by atoms with Gasteiger partial charge in [0, 0.05) is 0 Å². The summed E-state index contributed by atoms with van der Waals surface area (Å²) in [6.07, 6.45) is 0. The molecule has 0 aliphatic rings. The SMILES string of the molecule is O=[Si](O)O.[Ca+2].[H-].[H-].[H-].[H-].[H-].[H-].[Mg+2].[Sr+2]. The fourth-order valence-corrected chi connectivity index (χ4v) is 0. The van der Waals surface area contributed by atoms with Crippen molar-refractivity contribution >= 4 is 115 Å². The van der Waals surface area contributed by atoms with Crippen molar-refractivity contribution in [3.63, 3.8) is 0 Å². The summed E-state index contributed by atoms with van der Waals surface area (Å²) in [6, 6.07) is 0. The van der Waals surface area contributed by atoms with Gasteiger partial charge in [-0.05, 0) is 0 Å². The molecule has 0 aromatic heterocycles. The van der Waals surface area contributed by atoms with Crippen molar-refractivity contribution in [2.45, 2.75) is 0 Å². The molecule has 0 saturated heterocycles. The maximum Gasteiger partial charge on any atom is 2.00 e. The van der Waals surface area contributed by atoms with E-state index in [1.807, 2.05) is 0 Å². The van der Waals surface area contributed by atoms with E-state index in [2.05, 4.69) is 0 Å². The van der Waals surface area contributed by atoms with Gasteiger partial charge in [-0.3, -0.25) is 4.46 Å². The first kappa shape index (κ1) is 22.5. The van der Waals surface area contributed by atoms with Crippen LogP contribution in [0.15, 0.2) is 0 Å². The van der Waals surface area contributed by atoms with Crippen molar-refractivity contribution in [3.05, 3.63) is 0 Å². The Hall–Kier alpha value is 3.12. The Kier molecular flexibility index (Phi) is 51.5. The smallest absolute Gasteiger partial charge is 1.00 e. The van der Waals surface area contributed by atoms with Crippen LogP contribution < -0.4 is 0 Å². The average molecular weight is 236 g/mol. The fraction of sp³-hybridized carbons (Fsp3) is 0. The largest absolute Gasteiger partial charge is 2.00 e. The zero-order valence-electron chi connectivity index (χ0n) is 9.92. The molecule has 7 heteroatoms. The number of rotatable bonds is 0. The second kappa shape index (κ2) is 16.1. The van der Waals surface area contributed by atoms with Gasteiger partial charge in [0.2, 0.25) is 0 Å². The van der Waals surface area contributed by atoms with Gasteiger partial charge in [-0.25, -0.2) is 0 Å². The molecule has 0 saturated carbocycles. The molecule has 0 amide bonds. The van der Waals surface area contributed by atoms with E-state index in [0.717, 1.165) is 0 Å². The van der Waals surface area contributed by atoms with Crippen LogP contribution in [0.1, 0.15) is 8.56 Å². The van der Waals surface area contributed by atoms with Crippen molar-refractivity contribution in [3.8, 4) is 0 Å². The van der Waals surface area contributed by atoms with Gasteiger partial charge in [-0.1, -0.05) is 0 Å². The monoisotopic (exact) mass is 236 g/mol. The Morgan fingerprint density at radius 2 is 1.43 bits per heavy atom. The minimum Gasteiger partial charge on any atom is -1.00 e. The molecule has 0 heterocycles. The summed E-state index contributed by atoms with van der Waals surface area (Å²) in [5.41, 5.74) is 0. The minimum absolute atomic E-state index is 0. The minimum atomic E-state index is -3.13. The molecule has 0 aromatic rings. The van der Waals surface area contributed by atoms with Crippen LogP contribution >= 0.6 is 0 Å². The van der Waals surface area contributed by atoms with Crippen molar-refractivity contribution in [1.29, 1.82) is 0 Å². The van der Waals surface area contributed by atoms with Gasteiger partial charge in [-0.15, -0.1) is 0 Å². The van der Waals surface area contributed by atoms with Crippen LogP contribution in [0, 0.1) is 0 Å². The van der Waals surface area contributed by atoms with Gasteiger partial charge >= 0.3 is 115 Å². The van der Waals surface area contributed by atoms with Gasteiger partial charge < -0.3 is 18.2 Å². The van der Waals surface area contributed by atoms with Crippen LogP contribution in [0.5, 0.6) is 0 Å². The third-order valence-corrected chi connectivity index (χ3v) is 0. The first-order valence-electron chi connectivity index (χ1n) is 0.651. The van der Waals surface area contributed by atoms with Crippen LogP contribution in [0.4, 0.5) is 0 Å². The van der Waals surface area contributed by atoms with Crippen molar-refractivity contribution < 1.29 is 22.6 Å². The van der Waals surface area contributed by atoms with Gasteiger partial charge in [0.15, 0.2) is 0 Å². The van der Waals surface area contributed by atoms with Crippen LogP contribution in [0.3, 0.4) is 0 Å². The number of hydrogen-bond acceptors (Lipinski definition) is 1. The van der Waals surface area contributed by atoms with E-state index in [9.17, 15) is 0 Å². The van der Waals surface area contributed by atoms with Gasteiger partial charge in [0.05, 0.1) is 0 Å². The molecule has 0 rings (SSSR count). The van der Waals surface area contributed by atoms with Crippen molar-refractivity contribution in [1.82, 2.24) is 0 Å². The first-order valence-corrected chi connectivity index (χ1v) is 1.95. The Balaban J connectivity index is -0.00000000125. The van der Waals surface area contributed by atoms with Crippen LogP contribution in [0.25, 0.3) is 0 Å². The van der Waals surface area contributed by atoms with E-state index in [1.54, 1.807) is 0 Å². The summed E-state index contributed by atoms with van der Waals surface area (Å²) in [6.45, 7) is 0. The van der Waals surface area contributed by atoms with Crippen LogP contribution in [-0.4, -0.2) is 125 Å². The molecular formula is H8CaMgO3SiSr. The Morgan fingerprint density at radius 1 is 1.43 bits per heavy atom. The topological polar surface area (TPSA) is 57.5 Å². The van der Waals surface area contributed by atoms with Gasteiger partial charge in [0.25, 0.3) is 0 Å². The summed E-state index contributed by atoms with van der Waals surface area (Å²) in [5, 5.41) is 0. The molecule has 7 heavy (non-hydrogen) atoms. The first-order chi connectivity index (χ1) is 1.73. The summed E-state index contributed by atoms with van der Waals surface area (Å²) >= 11 is 0. The predicted octanol–water partition coefficient (Wildman–Crippen LogP) is -2.08. The Morgan fingerprint density at radius 3 is 1.43 bits per heavy atom. The molecule has 3 nitrogen and oxygen atoms in total. The fourth-order valence-electron chi connectivity index (χ4n) is 0. The molecule has 0 atom stereocenters. The van der Waals surface area contributed by atoms with E-state index in [0.29, 0.717) is 0 Å². The molecule has 2 N–H and O–H groups in total. The molecule has 0 aliphatic heterocycles. The molecule has 0 bridgehead atoms. The Labute approximate surface area is 135 Å². The van der Waals surface area contributed by atoms with Gasteiger partial charge in [-0.2, -0.15) is 0 Å². The molecule has 0 spiro atoms. The maximum absolute atomic E-state index is 8.74. The molecule has 0 aliphatic carbocycles. The van der Waals surface area contributed by atoms with Crippen molar-refractivity contribution in [2.75, 3.05) is 0 Å². The molecule has 0 fully saturated rings. The maximum atomic E-state index is 8.74. The van der Waals surface area contributed by atoms with E-state index in [-0.39, 0.29) is 115 Å². The molecule has 36 valence electrons. The van der Waals surface area contributed by atoms with E-state index in [1.165, 1.54) is 0 Å². The van der Waals surface area contributed by atoms with Gasteiger partial charge in [0.1, 0.15) is 0 Å². The average Bonchev–Trinajstić information content (AvgIpc) is 0.811. The van der Waals surface area contributed by atoms with E-state index in [4.69, 9.17) is 14.1 Å². The van der Waals surface area contributed by atoms with Crippen LogP contribution in [-0.2, 0) is 4.46 Å². The summed E-state index contributed by atoms with van der Waals surface area (Å²) in [4.78, 5) is 14.3. The van der Waals surface area contributed by atoms with Crippen LogP contribution in [0.2, 0.25) is 0 Å². The second-order valence-corrected chi connectivity index (χ2v) is 0.848. The third kappa shape index (κ3) is 47.5. The zero-order valence-corrected chi connectivity index (χ0v) is 12.0. The van der Waals surface area contributed by atoms with E-state index >= 15 is 0 Å². The summed E-state index contributed by atoms with van der Waals surface area (Å²) < 4.78 is 8.74.